The fourth-order valence-corrected chi connectivity index (χ4v) is 2.81. The molecule has 0 aliphatic carbocycles. The van der Waals surface area contributed by atoms with Crippen molar-refractivity contribution in [3.8, 4) is 0 Å². The second-order valence-electron chi connectivity index (χ2n) is 5.06. The van der Waals surface area contributed by atoms with E-state index in [1.54, 1.807) is 0 Å². The average molecular weight is 341 g/mol. The van der Waals surface area contributed by atoms with Gasteiger partial charge in [0, 0.05) is 27.9 Å². The Morgan fingerprint density at radius 2 is 1.90 bits per heavy atom. The van der Waals surface area contributed by atoms with Crippen LogP contribution in [0, 0.1) is 0 Å². The number of hydrogen-bond donors (Lipinski definition) is 1. The molecule has 1 N–H and O–H groups in total. The summed E-state index contributed by atoms with van der Waals surface area (Å²) in [5.41, 5.74) is 2.43. The molecule has 3 aromatic rings. The molecule has 1 aromatic heterocycles. The van der Waals surface area contributed by atoms with E-state index in [1.165, 1.54) is 10.9 Å². The van der Waals surface area contributed by atoms with E-state index in [2.05, 4.69) is 75.6 Å². The number of hydrogen-bond acceptors (Lipinski definition) is 2. The monoisotopic (exact) mass is 340 g/mol. The lowest BCUT2D eigenvalue weighted by molar-refractivity contribution is 0.750. The predicted molar refractivity (Wildman–Crippen MR) is 92.5 cm³/mol. The topological polar surface area (TPSA) is 24.9 Å². The van der Waals surface area contributed by atoms with E-state index in [-0.39, 0.29) is 0 Å². The lowest BCUT2D eigenvalue weighted by Gasteiger charge is -2.20. The van der Waals surface area contributed by atoms with E-state index in [9.17, 15) is 0 Å². The number of nitrogens with zero attached hydrogens (tertiary/aromatic N) is 1. The van der Waals surface area contributed by atoms with E-state index in [4.69, 9.17) is 0 Å². The molecule has 3 rings (SSSR count). The third-order valence-electron chi connectivity index (χ3n) is 3.69. The molecule has 0 saturated heterocycles. The van der Waals surface area contributed by atoms with Crippen LogP contribution >= 0.6 is 15.9 Å². The van der Waals surface area contributed by atoms with E-state index in [0.29, 0.717) is 6.04 Å². The van der Waals surface area contributed by atoms with Crippen molar-refractivity contribution < 1.29 is 0 Å². The van der Waals surface area contributed by atoms with Gasteiger partial charge in [-0.1, -0.05) is 47.1 Å². The molecule has 21 heavy (non-hydrogen) atoms. The Kier molecular flexibility index (Phi) is 4.20. The van der Waals surface area contributed by atoms with Crippen molar-refractivity contribution in [1.29, 1.82) is 0 Å². The van der Waals surface area contributed by atoms with Crippen LogP contribution in [0.5, 0.6) is 0 Å². The quantitative estimate of drug-likeness (QED) is 0.672. The van der Waals surface area contributed by atoms with Crippen LogP contribution in [0.4, 0.5) is 5.69 Å². The molecule has 1 atom stereocenters. The zero-order valence-electron chi connectivity index (χ0n) is 11.9. The number of pyridine rings is 1. The van der Waals surface area contributed by atoms with Crippen LogP contribution in [0.15, 0.2) is 65.4 Å². The summed E-state index contributed by atoms with van der Waals surface area (Å²) in [7, 11) is 0. The first-order valence-electron chi connectivity index (χ1n) is 7.12. The predicted octanol–water partition coefficient (Wildman–Crippen LogP) is 5.56. The molecule has 106 valence electrons. The van der Waals surface area contributed by atoms with Crippen LogP contribution < -0.4 is 5.32 Å². The molecule has 3 heteroatoms. The standard InChI is InChI=1S/C18H17BrN2/c1-2-17(14-6-8-15(19)9-7-14)21-18-5-3-4-13-10-11-20-12-16(13)18/h3-12,17,21H,2H2,1H3. The van der Waals surface area contributed by atoms with Crippen molar-refractivity contribution >= 4 is 32.4 Å². The van der Waals surface area contributed by atoms with Crippen molar-refractivity contribution in [1.82, 2.24) is 4.98 Å². The van der Waals surface area contributed by atoms with Gasteiger partial charge in [0.05, 0.1) is 6.04 Å². The van der Waals surface area contributed by atoms with E-state index in [0.717, 1.165) is 22.0 Å². The molecule has 1 unspecified atom stereocenters. The van der Waals surface area contributed by atoms with Gasteiger partial charge in [0.2, 0.25) is 0 Å². The summed E-state index contributed by atoms with van der Waals surface area (Å²) in [6.07, 6.45) is 4.78. The molecule has 0 saturated carbocycles. The Balaban J connectivity index is 1.94. The van der Waals surface area contributed by atoms with Crippen LogP contribution in [-0.4, -0.2) is 4.98 Å². The van der Waals surface area contributed by atoms with Crippen LogP contribution in [0.3, 0.4) is 0 Å². The summed E-state index contributed by atoms with van der Waals surface area (Å²) >= 11 is 3.49. The van der Waals surface area contributed by atoms with Crippen molar-refractivity contribution in [2.24, 2.45) is 0 Å². The first-order valence-corrected chi connectivity index (χ1v) is 7.92. The summed E-state index contributed by atoms with van der Waals surface area (Å²) in [6.45, 7) is 2.20. The highest BCUT2D eigenvalue weighted by Crippen LogP contribution is 2.28. The highest BCUT2D eigenvalue weighted by molar-refractivity contribution is 9.10. The molecule has 0 amide bonds. The number of benzene rings is 2. The average Bonchev–Trinajstić information content (AvgIpc) is 2.54. The second kappa shape index (κ2) is 6.27. The molecular formula is C18H17BrN2. The molecule has 2 nitrogen and oxygen atoms in total. The molecule has 0 aliphatic rings. The summed E-state index contributed by atoms with van der Waals surface area (Å²) < 4.78 is 1.11. The molecule has 2 aromatic carbocycles. The molecule has 0 radical (unpaired) electrons. The van der Waals surface area contributed by atoms with Gasteiger partial charge in [-0.25, -0.2) is 0 Å². The zero-order valence-corrected chi connectivity index (χ0v) is 13.5. The molecule has 0 bridgehead atoms. The second-order valence-corrected chi connectivity index (χ2v) is 5.97. The maximum atomic E-state index is 4.24. The maximum Gasteiger partial charge on any atom is 0.0511 e. The largest absolute Gasteiger partial charge is 0.378 e. The third kappa shape index (κ3) is 3.08. The number of aromatic nitrogens is 1. The normalized spacial score (nSPS) is 12.3. The Bertz CT molecular complexity index is 732. The van der Waals surface area contributed by atoms with Gasteiger partial charge >= 0.3 is 0 Å². The fourth-order valence-electron chi connectivity index (χ4n) is 2.54. The van der Waals surface area contributed by atoms with Crippen LogP contribution in [-0.2, 0) is 0 Å². The highest BCUT2D eigenvalue weighted by atomic mass is 79.9. The summed E-state index contributed by atoms with van der Waals surface area (Å²) in [6, 6.07) is 17.1. The van der Waals surface area contributed by atoms with Crippen molar-refractivity contribution in [3.63, 3.8) is 0 Å². The van der Waals surface area contributed by atoms with Gasteiger partial charge in [-0.15, -0.1) is 0 Å². The number of fused-ring (bicyclic) bond motifs is 1. The zero-order chi connectivity index (χ0) is 14.7. The molecule has 0 spiro atoms. The minimum Gasteiger partial charge on any atom is -0.378 e. The van der Waals surface area contributed by atoms with Crippen LogP contribution in [0.2, 0.25) is 0 Å². The maximum absolute atomic E-state index is 4.24. The SMILES string of the molecule is CCC(Nc1cccc2ccncc12)c1ccc(Br)cc1. The van der Waals surface area contributed by atoms with Crippen LogP contribution in [0.1, 0.15) is 24.9 Å². The Morgan fingerprint density at radius 1 is 1.10 bits per heavy atom. The molecule has 0 fully saturated rings. The Morgan fingerprint density at radius 3 is 2.67 bits per heavy atom. The molecular weight excluding hydrogens is 324 g/mol. The first-order chi connectivity index (χ1) is 10.3. The summed E-state index contributed by atoms with van der Waals surface area (Å²) in [4.78, 5) is 4.24. The number of anilines is 1. The highest BCUT2D eigenvalue weighted by Gasteiger charge is 2.10. The number of nitrogens with one attached hydrogen (secondary N) is 1. The lowest BCUT2D eigenvalue weighted by atomic mass is 10.0. The fraction of sp³-hybridized carbons (Fsp3) is 0.167. The third-order valence-corrected chi connectivity index (χ3v) is 4.22. The van der Waals surface area contributed by atoms with Gasteiger partial charge in [-0.3, -0.25) is 4.98 Å². The number of rotatable bonds is 4. The minimum atomic E-state index is 0.295. The minimum absolute atomic E-state index is 0.295. The van der Waals surface area contributed by atoms with Gasteiger partial charge in [0.25, 0.3) is 0 Å². The Labute approximate surface area is 133 Å². The van der Waals surface area contributed by atoms with Gasteiger partial charge in [-0.05, 0) is 41.6 Å². The van der Waals surface area contributed by atoms with Crippen molar-refractivity contribution in [2.75, 3.05) is 5.32 Å². The van der Waals surface area contributed by atoms with E-state index < -0.39 is 0 Å². The van der Waals surface area contributed by atoms with Gasteiger partial charge in [0.1, 0.15) is 0 Å². The smallest absolute Gasteiger partial charge is 0.0511 e. The van der Waals surface area contributed by atoms with E-state index in [1.807, 2.05) is 18.5 Å². The summed E-state index contributed by atoms with van der Waals surface area (Å²) in [5.74, 6) is 0. The Hall–Kier alpha value is -1.87. The molecule has 1 heterocycles. The lowest BCUT2D eigenvalue weighted by Crippen LogP contribution is -2.09. The summed E-state index contributed by atoms with van der Waals surface area (Å²) in [5, 5.41) is 6.02. The van der Waals surface area contributed by atoms with E-state index >= 15 is 0 Å². The van der Waals surface area contributed by atoms with Gasteiger partial charge in [-0.2, -0.15) is 0 Å². The van der Waals surface area contributed by atoms with Crippen molar-refractivity contribution in [3.05, 3.63) is 71.0 Å². The first kappa shape index (κ1) is 14.1. The number of halogens is 1. The molecule has 0 aliphatic heterocycles. The van der Waals surface area contributed by atoms with Crippen molar-refractivity contribution in [2.45, 2.75) is 19.4 Å². The van der Waals surface area contributed by atoms with Crippen LogP contribution in [0.25, 0.3) is 10.8 Å². The van der Waals surface area contributed by atoms with Gasteiger partial charge in [0.15, 0.2) is 0 Å². The van der Waals surface area contributed by atoms with Gasteiger partial charge < -0.3 is 5.32 Å².